The lowest BCUT2D eigenvalue weighted by Gasteiger charge is -2.27. The highest BCUT2D eigenvalue weighted by atomic mass is 35.5. The first kappa shape index (κ1) is 24.9. The molecule has 0 radical (unpaired) electrons. The summed E-state index contributed by atoms with van der Waals surface area (Å²) < 4.78 is 28.3. The Morgan fingerprint density at radius 1 is 1.14 bits per heavy atom. The van der Waals surface area contributed by atoms with E-state index in [0.717, 1.165) is 0 Å². The van der Waals surface area contributed by atoms with Crippen LogP contribution in [0.4, 0.5) is 20.3 Å². The molecule has 0 bridgehead atoms. The normalized spacial score (nSPS) is 14.7. The number of hydrogen-bond donors (Lipinski definition) is 1. The van der Waals surface area contributed by atoms with Crippen LogP contribution in [0, 0.1) is 6.92 Å². The van der Waals surface area contributed by atoms with E-state index >= 15 is 0 Å². The van der Waals surface area contributed by atoms with Crippen molar-refractivity contribution in [2.75, 3.05) is 29.9 Å². The second-order valence-electron chi connectivity index (χ2n) is 8.45. The third-order valence-corrected chi connectivity index (χ3v) is 6.62. The number of aromatic nitrogens is 1. The molecule has 2 heterocycles. The molecule has 0 spiro atoms. The molecule has 2 aromatic carbocycles. The van der Waals surface area contributed by atoms with E-state index in [1.54, 1.807) is 31.2 Å². The highest BCUT2D eigenvalue weighted by molar-refractivity contribution is 6.35. The van der Waals surface area contributed by atoms with Crippen molar-refractivity contribution in [3.63, 3.8) is 0 Å². The van der Waals surface area contributed by atoms with Gasteiger partial charge in [-0.15, -0.1) is 0 Å². The number of carbonyl (C=O) groups is 2. The molecular formula is C25H22Cl2F2N4O2. The first-order valence-electron chi connectivity index (χ1n) is 10.7. The van der Waals surface area contributed by atoms with Gasteiger partial charge in [-0.05, 0) is 42.8 Å². The Bertz CT molecular complexity index is 1310. The number of halogens is 4. The summed E-state index contributed by atoms with van der Waals surface area (Å²) in [4.78, 5) is 32.3. The summed E-state index contributed by atoms with van der Waals surface area (Å²) in [6, 6.07) is 11.3. The van der Waals surface area contributed by atoms with Crippen LogP contribution >= 0.6 is 23.2 Å². The zero-order valence-corrected chi connectivity index (χ0v) is 20.5. The maximum atomic E-state index is 14.1. The van der Waals surface area contributed by atoms with E-state index in [4.69, 9.17) is 28.9 Å². The van der Waals surface area contributed by atoms with Gasteiger partial charge in [0.05, 0.1) is 22.8 Å². The minimum Gasteiger partial charge on any atom is -0.366 e. The maximum absolute atomic E-state index is 14.1. The average molecular weight is 519 g/mol. The van der Waals surface area contributed by atoms with E-state index in [9.17, 15) is 18.4 Å². The molecular weight excluding hydrogens is 497 g/mol. The van der Waals surface area contributed by atoms with Crippen molar-refractivity contribution in [2.45, 2.75) is 19.3 Å². The molecule has 0 unspecified atom stereocenters. The van der Waals surface area contributed by atoms with Gasteiger partial charge in [-0.2, -0.15) is 0 Å². The topological polar surface area (TPSA) is 79.5 Å². The molecule has 182 valence electrons. The number of alkyl halides is 2. The lowest BCUT2D eigenvalue weighted by Crippen LogP contribution is -2.32. The number of pyridine rings is 1. The van der Waals surface area contributed by atoms with Gasteiger partial charge >= 0.3 is 0 Å². The molecule has 1 aliphatic heterocycles. The van der Waals surface area contributed by atoms with Crippen LogP contribution in [0.15, 0.2) is 48.7 Å². The lowest BCUT2D eigenvalue weighted by atomic mass is 10.0. The van der Waals surface area contributed by atoms with Gasteiger partial charge in [-0.1, -0.05) is 35.3 Å². The van der Waals surface area contributed by atoms with E-state index in [1.807, 2.05) is 0 Å². The molecule has 10 heteroatoms. The van der Waals surface area contributed by atoms with Crippen molar-refractivity contribution in [2.24, 2.45) is 5.73 Å². The fraction of sp³-hybridized carbons (Fsp3) is 0.240. The third-order valence-electron chi connectivity index (χ3n) is 5.98. The number of amides is 2. The molecule has 6 nitrogen and oxygen atoms in total. The monoisotopic (exact) mass is 518 g/mol. The average Bonchev–Trinajstić information content (AvgIpc) is 3.17. The van der Waals surface area contributed by atoms with Gasteiger partial charge < -0.3 is 10.6 Å². The fourth-order valence-corrected chi connectivity index (χ4v) is 4.62. The number of nitrogens with zero attached hydrogens (tertiary/aromatic N) is 3. The van der Waals surface area contributed by atoms with Crippen LogP contribution in [0.2, 0.25) is 10.0 Å². The first-order valence-corrected chi connectivity index (χ1v) is 11.5. The number of benzene rings is 2. The van der Waals surface area contributed by atoms with Crippen LogP contribution in [-0.4, -0.2) is 42.9 Å². The maximum Gasteiger partial charge on any atom is 0.266 e. The van der Waals surface area contributed by atoms with Gasteiger partial charge in [0, 0.05) is 47.9 Å². The summed E-state index contributed by atoms with van der Waals surface area (Å²) in [5.41, 5.74) is 7.91. The Hall–Kier alpha value is -3.23. The molecule has 2 N–H and O–H groups in total. The lowest BCUT2D eigenvalue weighted by molar-refractivity contribution is 0.0257. The Morgan fingerprint density at radius 3 is 2.51 bits per heavy atom. The predicted octanol–water partition coefficient (Wildman–Crippen LogP) is 5.58. The van der Waals surface area contributed by atoms with E-state index in [-0.39, 0.29) is 29.4 Å². The largest absolute Gasteiger partial charge is 0.366 e. The van der Waals surface area contributed by atoms with Crippen molar-refractivity contribution in [3.8, 4) is 11.1 Å². The Labute approximate surface area is 211 Å². The van der Waals surface area contributed by atoms with Gasteiger partial charge in [0.25, 0.3) is 11.8 Å². The summed E-state index contributed by atoms with van der Waals surface area (Å²) in [6.07, 6.45) is 1.15. The smallest absolute Gasteiger partial charge is 0.266 e. The molecule has 2 amide bonds. The van der Waals surface area contributed by atoms with Crippen LogP contribution in [0.3, 0.4) is 0 Å². The number of carbonyl (C=O) groups excluding carboxylic acids is 2. The number of aryl methyl sites for hydroxylation is 1. The SMILES string of the molecule is Cc1cccc(Cl)c1C(=O)N(C)c1ncc(-c2cc(C(N)=O)ccc2Cl)cc1N1CCC(F)(F)C1. The number of anilines is 2. The summed E-state index contributed by atoms with van der Waals surface area (Å²) in [5.74, 6) is -3.74. The molecule has 0 aliphatic carbocycles. The quantitative estimate of drug-likeness (QED) is 0.477. The van der Waals surface area contributed by atoms with E-state index in [2.05, 4.69) is 4.98 Å². The highest BCUT2D eigenvalue weighted by Crippen LogP contribution is 2.39. The molecule has 1 aliphatic rings. The fourth-order valence-electron chi connectivity index (χ4n) is 4.09. The first-order chi connectivity index (χ1) is 16.5. The summed E-state index contributed by atoms with van der Waals surface area (Å²) in [7, 11) is 1.52. The van der Waals surface area contributed by atoms with Crippen LogP contribution in [0.25, 0.3) is 11.1 Å². The van der Waals surface area contributed by atoms with Crippen molar-refractivity contribution < 1.29 is 18.4 Å². The van der Waals surface area contributed by atoms with Gasteiger partial charge in [-0.3, -0.25) is 14.5 Å². The Balaban J connectivity index is 1.83. The van der Waals surface area contributed by atoms with E-state index < -0.39 is 24.3 Å². The minimum absolute atomic E-state index is 0.0767. The zero-order chi connectivity index (χ0) is 25.5. The molecule has 35 heavy (non-hydrogen) atoms. The predicted molar refractivity (Wildman–Crippen MR) is 134 cm³/mol. The van der Waals surface area contributed by atoms with Gasteiger partial charge in [0.15, 0.2) is 5.82 Å². The van der Waals surface area contributed by atoms with Gasteiger partial charge in [0.1, 0.15) is 0 Å². The summed E-state index contributed by atoms with van der Waals surface area (Å²) in [6.45, 7) is 1.32. The van der Waals surface area contributed by atoms with Gasteiger partial charge in [0.2, 0.25) is 5.91 Å². The van der Waals surface area contributed by atoms with Crippen molar-refractivity contribution in [1.29, 1.82) is 0 Å². The highest BCUT2D eigenvalue weighted by Gasteiger charge is 2.40. The molecule has 4 rings (SSSR count). The third kappa shape index (κ3) is 4.94. The molecule has 3 aromatic rings. The van der Waals surface area contributed by atoms with Crippen LogP contribution in [0.1, 0.15) is 32.7 Å². The summed E-state index contributed by atoms with van der Waals surface area (Å²) in [5, 5.41) is 0.612. The van der Waals surface area contributed by atoms with Crippen LogP contribution in [-0.2, 0) is 0 Å². The number of nitrogens with two attached hydrogens (primary N) is 1. The summed E-state index contributed by atoms with van der Waals surface area (Å²) >= 11 is 12.7. The van der Waals surface area contributed by atoms with Crippen LogP contribution < -0.4 is 15.5 Å². The Morgan fingerprint density at radius 2 is 1.89 bits per heavy atom. The molecule has 1 aromatic heterocycles. The second kappa shape index (κ2) is 9.43. The number of rotatable bonds is 5. The van der Waals surface area contributed by atoms with Gasteiger partial charge in [-0.25, -0.2) is 13.8 Å². The van der Waals surface area contributed by atoms with E-state index in [1.165, 1.54) is 41.2 Å². The number of primary amides is 1. The molecule has 1 saturated heterocycles. The van der Waals surface area contributed by atoms with Crippen molar-refractivity contribution in [3.05, 3.63) is 75.4 Å². The molecule has 0 saturated carbocycles. The zero-order valence-electron chi connectivity index (χ0n) is 19.0. The van der Waals surface area contributed by atoms with E-state index in [0.29, 0.717) is 33.0 Å². The molecule has 0 atom stereocenters. The standard InChI is InChI=1S/C25H22Cl2F2N4O2/c1-14-4-3-5-19(27)21(14)24(35)32(2)23-20(33-9-8-25(28,29)13-33)11-16(12-31-23)17-10-15(22(30)34)6-7-18(17)26/h3-7,10-12H,8-9,13H2,1-2H3,(H2,30,34). The van der Waals surface area contributed by atoms with Crippen molar-refractivity contribution in [1.82, 2.24) is 4.98 Å². The van der Waals surface area contributed by atoms with Crippen LogP contribution in [0.5, 0.6) is 0 Å². The second-order valence-corrected chi connectivity index (χ2v) is 9.26. The van der Waals surface area contributed by atoms with Crippen molar-refractivity contribution >= 4 is 46.5 Å². The Kier molecular flexibility index (Phi) is 6.71. The number of hydrogen-bond acceptors (Lipinski definition) is 4. The minimum atomic E-state index is -2.88. The molecule has 1 fully saturated rings.